The summed E-state index contributed by atoms with van der Waals surface area (Å²) in [5, 5.41) is 0. The Balaban J connectivity index is 2.26. The van der Waals surface area contributed by atoms with E-state index in [1.807, 2.05) is 24.0 Å². The summed E-state index contributed by atoms with van der Waals surface area (Å²) in [4.78, 5) is 25.1. The van der Waals surface area contributed by atoms with Crippen molar-refractivity contribution >= 4 is 11.9 Å². The van der Waals surface area contributed by atoms with Crippen LogP contribution in [0.15, 0.2) is 23.8 Å². The smallest absolute Gasteiger partial charge is 0.337 e. The van der Waals surface area contributed by atoms with Gasteiger partial charge in [0.05, 0.1) is 18.2 Å². The highest BCUT2D eigenvalue weighted by molar-refractivity contribution is 5.92. The summed E-state index contributed by atoms with van der Waals surface area (Å²) < 4.78 is 4.71. The largest absolute Gasteiger partial charge is 0.465 e. The van der Waals surface area contributed by atoms with E-state index in [4.69, 9.17) is 4.74 Å². The Labute approximate surface area is 101 Å². The molecule has 0 aromatic carbocycles. The summed E-state index contributed by atoms with van der Waals surface area (Å²) in [6, 6.07) is 0. The first-order valence-electron chi connectivity index (χ1n) is 5.85. The third-order valence-corrected chi connectivity index (χ3v) is 3.41. The standard InChI is InChI=1S/C13H17NO3/c1-13(14-8-4-6-11(14)15)7-3-5-10(9-13)12(16)17-2/h3,5,9H,4,6-8H2,1-2H3. The van der Waals surface area contributed by atoms with Crippen LogP contribution in [-0.2, 0) is 14.3 Å². The van der Waals surface area contributed by atoms with Gasteiger partial charge in [-0.3, -0.25) is 4.79 Å². The van der Waals surface area contributed by atoms with E-state index in [0.717, 1.165) is 19.4 Å². The first kappa shape index (κ1) is 11.9. The minimum Gasteiger partial charge on any atom is -0.465 e. The molecule has 17 heavy (non-hydrogen) atoms. The third-order valence-electron chi connectivity index (χ3n) is 3.41. The van der Waals surface area contributed by atoms with E-state index in [-0.39, 0.29) is 17.4 Å². The molecule has 1 unspecified atom stereocenters. The Bertz CT molecular complexity index is 411. The van der Waals surface area contributed by atoms with E-state index in [9.17, 15) is 9.59 Å². The highest BCUT2D eigenvalue weighted by Crippen LogP contribution is 2.31. The Kier molecular flexibility index (Phi) is 3.05. The van der Waals surface area contributed by atoms with Gasteiger partial charge in [0.15, 0.2) is 0 Å². The number of methoxy groups -OCH3 is 1. The van der Waals surface area contributed by atoms with E-state index in [0.29, 0.717) is 12.0 Å². The average Bonchev–Trinajstić information content (AvgIpc) is 2.75. The highest BCUT2D eigenvalue weighted by Gasteiger charge is 2.37. The molecule has 0 bridgehead atoms. The Morgan fingerprint density at radius 2 is 2.29 bits per heavy atom. The second-order valence-corrected chi connectivity index (χ2v) is 4.70. The van der Waals surface area contributed by atoms with Crippen LogP contribution in [0.2, 0.25) is 0 Å². The van der Waals surface area contributed by atoms with Crippen molar-refractivity contribution in [1.29, 1.82) is 0 Å². The number of carbonyl (C=O) groups excluding carboxylic acids is 2. The molecule has 92 valence electrons. The lowest BCUT2D eigenvalue weighted by molar-refractivity contribution is -0.136. The molecule has 1 aliphatic carbocycles. The molecule has 2 aliphatic rings. The number of nitrogens with zero attached hydrogens (tertiary/aromatic N) is 1. The topological polar surface area (TPSA) is 46.6 Å². The van der Waals surface area contributed by atoms with Crippen LogP contribution in [0.4, 0.5) is 0 Å². The molecule has 4 heteroatoms. The van der Waals surface area contributed by atoms with Crippen molar-refractivity contribution in [3.63, 3.8) is 0 Å². The quantitative estimate of drug-likeness (QED) is 0.680. The van der Waals surface area contributed by atoms with Crippen molar-refractivity contribution in [1.82, 2.24) is 4.90 Å². The SMILES string of the molecule is COC(=O)C1=CC(C)(N2CCCC2=O)CC=C1. The molecule has 1 amide bonds. The minimum atomic E-state index is -0.383. The van der Waals surface area contributed by atoms with Crippen LogP contribution in [0.1, 0.15) is 26.2 Å². The van der Waals surface area contributed by atoms with Crippen LogP contribution in [0.3, 0.4) is 0 Å². The number of rotatable bonds is 2. The maximum absolute atomic E-state index is 11.8. The maximum Gasteiger partial charge on any atom is 0.337 e. The summed E-state index contributed by atoms with van der Waals surface area (Å²) in [7, 11) is 1.37. The lowest BCUT2D eigenvalue weighted by atomic mass is 9.88. The Hall–Kier alpha value is -1.58. The monoisotopic (exact) mass is 235 g/mol. The molecule has 1 saturated heterocycles. The molecule has 4 nitrogen and oxygen atoms in total. The van der Waals surface area contributed by atoms with Gasteiger partial charge in [0.2, 0.25) is 5.91 Å². The molecule has 0 aromatic rings. The number of hydrogen-bond acceptors (Lipinski definition) is 3. The zero-order chi connectivity index (χ0) is 12.5. The first-order chi connectivity index (χ1) is 8.07. The third kappa shape index (κ3) is 2.12. The van der Waals surface area contributed by atoms with Crippen molar-refractivity contribution in [2.24, 2.45) is 0 Å². The fourth-order valence-corrected chi connectivity index (χ4v) is 2.49. The molecular formula is C13H17NO3. The van der Waals surface area contributed by atoms with E-state index < -0.39 is 0 Å². The normalized spacial score (nSPS) is 28.2. The van der Waals surface area contributed by atoms with Crippen molar-refractivity contribution in [2.45, 2.75) is 31.7 Å². The summed E-state index contributed by atoms with van der Waals surface area (Å²) in [6.45, 7) is 2.76. The summed E-state index contributed by atoms with van der Waals surface area (Å²) in [6.07, 6.45) is 7.80. The molecule has 1 heterocycles. The van der Waals surface area contributed by atoms with Crippen molar-refractivity contribution in [3.8, 4) is 0 Å². The van der Waals surface area contributed by atoms with Gasteiger partial charge in [0.1, 0.15) is 0 Å². The molecule has 1 aliphatic heterocycles. The van der Waals surface area contributed by atoms with Crippen LogP contribution in [0.25, 0.3) is 0 Å². The highest BCUT2D eigenvalue weighted by atomic mass is 16.5. The zero-order valence-corrected chi connectivity index (χ0v) is 10.2. The molecule has 0 aromatic heterocycles. The summed E-state index contributed by atoms with van der Waals surface area (Å²) in [5.41, 5.74) is 0.146. The fourth-order valence-electron chi connectivity index (χ4n) is 2.49. The van der Waals surface area contributed by atoms with Gasteiger partial charge in [-0.2, -0.15) is 0 Å². The molecule has 0 radical (unpaired) electrons. The van der Waals surface area contributed by atoms with E-state index in [1.165, 1.54) is 7.11 Å². The Morgan fingerprint density at radius 1 is 1.53 bits per heavy atom. The van der Waals surface area contributed by atoms with Crippen molar-refractivity contribution in [3.05, 3.63) is 23.8 Å². The van der Waals surface area contributed by atoms with Gasteiger partial charge in [-0.25, -0.2) is 4.79 Å². The van der Waals surface area contributed by atoms with Gasteiger partial charge in [-0.05, 0) is 25.8 Å². The van der Waals surface area contributed by atoms with Crippen LogP contribution in [-0.4, -0.2) is 36.0 Å². The number of carbonyl (C=O) groups is 2. The molecule has 1 fully saturated rings. The van der Waals surface area contributed by atoms with Crippen LogP contribution >= 0.6 is 0 Å². The fraction of sp³-hybridized carbons (Fsp3) is 0.538. The van der Waals surface area contributed by atoms with Gasteiger partial charge in [0.25, 0.3) is 0 Å². The van der Waals surface area contributed by atoms with Crippen LogP contribution in [0.5, 0.6) is 0 Å². The second kappa shape index (κ2) is 4.35. The van der Waals surface area contributed by atoms with E-state index in [2.05, 4.69) is 0 Å². The lowest BCUT2D eigenvalue weighted by Gasteiger charge is -2.37. The lowest BCUT2D eigenvalue weighted by Crippen LogP contribution is -2.46. The molecular weight excluding hydrogens is 218 g/mol. The van der Waals surface area contributed by atoms with Crippen LogP contribution < -0.4 is 0 Å². The average molecular weight is 235 g/mol. The molecule has 0 spiro atoms. The zero-order valence-electron chi connectivity index (χ0n) is 10.2. The number of esters is 1. The van der Waals surface area contributed by atoms with Gasteiger partial charge in [-0.1, -0.05) is 12.2 Å². The maximum atomic E-state index is 11.8. The minimum absolute atomic E-state index is 0.170. The van der Waals surface area contributed by atoms with E-state index in [1.54, 1.807) is 6.08 Å². The van der Waals surface area contributed by atoms with Gasteiger partial charge >= 0.3 is 5.97 Å². The van der Waals surface area contributed by atoms with Gasteiger partial charge < -0.3 is 9.64 Å². The second-order valence-electron chi connectivity index (χ2n) is 4.70. The summed E-state index contributed by atoms with van der Waals surface area (Å²) in [5.74, 6) is -0.179. The molecule has 0 N–H and O–H groups in total. The number of hydrogen-bond donors (Lipinski definition) is 0. The van der Waals surface area contributed by atoms with Crippen molar-refractivity contribution < 1.29 is 14.3 Å². The molecule has 0 saturated carbocycles. The number of ether oxygens (including phenoxy) is 1. The molecule has 2 rings (SSSR count). The number of likely N-dealkylation sites (tertiary alicyclic amines) is 1. The van der Waals surface area contributed by atoms with Gasteiger partial charge in [0, 0.05) is 13.0 Å². The number of amides is 1. The van der Waals surface area contributed by atoms with E-state index >= 15 is 0 Å². The predicted octanol–water partition coefficient (Wildman–Crippen LogP) is 1.43. The van der Waals surface area contributed by atoms with Crippen LogP contribution in [0, 0.1) is 0 Å². The first-order valence-corrected chi connectivity index (χ1v) is 5.85. The molecule has 1 atom stereocenters. The van der Waals surface area contributed by atoms with Gasteiger partial charge in [-0.15, -0.1) is 0 Å². The predicted molar refractivity (Wildman–Crippen MR) is 63.2 cm³/mol. The summed E-state index contributed by atoms with van der Waals surface area (Å²) >= 11 is 0. The Morgan fingerprint density at radius 3 is 2.88 bits per heavy atom. The van der Waals surface area contributed by atoms with Crippen molar-refractivity contribution in [2.75, 3.05) is 13.7 Å².